The molecule has 0 spiro atoms. The highest BCUT2D eigenvalue weighted by Gasteiger charge is 2.52. The minimum absolute atomic E-state index is 0.176. The zero-order valence-corrected chi connectivity index (χ0v) is 16.8. The minimum Gasteiger partial charge on any atom is -0.446 e. The molecule has 5 nitrogen and oxygen atoms in total. The Morgan fingerprint density at radius 1 is 1.32 bits per heavy atom. The van der Waals surface area contributed by atoms with E-state index in [2.05, 4.69) is 17.6 Å². The van der Waals surface area contributed by atoms with Crippen molar-refractivity contribution in [3.8, 4) is 10.4 Å². The average Bonchev–Trinajstić information content (AvgIpc) is 3.30. The number of halogens is 1. The highest BCUT2D eigenvalue weighted by atomic mass is 32.1. The molecule has 2 fully saturated rings. The van der Waals surface area contributed by atoms with Gasteiger partial charge in [-0.05, 0) is 49.0 Å². The lowest BCUT2D eigenvalue weighted by molar-refractivity contribution is 0.0742. The summed E-state index contributed by atoms with van der Waals surface area (Å²) in [6.07, 6.45) is 2.32. The number of carbonyl (C=O) groups excluding carboxylic acids is 1. The summed E-state index contributed by atoms with van der Waals surface area (Å²) in [7, 11) is 1.92. The molecular weight excluding hydrogens is 379 g/mol. The van der Waals surface area contributed by atoms with Crippen LogP contribution in [-0.2, 0) is 9.47 Å². The van der Waals surface area contributed by atoms with E-state index in [4.69, 9.17) is 9.47 Å². The lowest BCUT2D eigenvalue weighted by Gasteiger charge is -2.23. The minimum atomic E-state index is -0.504. The summed E-state index contributed by atoms with van der Waals surface area (Å²) < 4.78 is 25.3. The standard InChI is InChI=1S/C21H25FN2O3S/c1-3-12-9-14(11-17(23-2)20-19(12)27-20)26-21(25)24-16-7-6-13(22)10-15(16)18-5-4-8-28-18/h4-8,10,12,14,17,19-20,23H,3,9,11H2,1-2H3,(H,24,25)/t12-,14-,17+,19-,20+/m1/s1. The van der Waals surface area contributed by atoms with E-state index in [0.29, 0.717) is 17.2 Å². The molecule has 1 amide bonds. The van der Waals surface area contributed by atoms with Gasteiger partial charge in [0, 0.05) is 22.9 Å². The molecule has 1 aromatic heterocycles. The maximum Gasteiger partial charge on any atom is 0.411 e. The molecule has 1 aromatic carbocycles. The summed E-state index contributed by atoms with van der Waals surface area (Å²) in [5, 5.41) is 8.02. The van der Waals surface area contributed by atoms with Crippen LogP contribution in [0.3, 0.4) is 0 Å². The maximum atomic E-state index is 13.7. The summed E-state index contributed by atoms with van der Waals surface area (Å²) >= 11 is 1.50. The number of thiophene rings is 1. The Morgan fingerprint density at radius 2 is 2.18 bits per heavy atom. The molecule has 2 aromatic rings. The fourth-order valence-corrected chi connectivity index (χ4v) is 4.91. The fourth-order valence-electron chi connectivity index (χ4n) is 4.15. The van der Waals surface area contributed by atoms with Gasteiger partial charge >= 0.3 is 6.09 Å². The molecule has 2 aliphatic rings. The van der Waals surface area contributed by atoms with Crippen LogP contribution in [0.1, 0.15) is 26.2 Å². The van der Waals surface area contributed by atoms with E-state index >= 15 is 0 Å². The van der Waals surface area contributed by atoms with Gasteiger partial charge in [-0.3, -0.25) is 5.32 Å². The van der Waals surface area contributed by atoms with Crippen LogP contribution in [0.15, 0.2) is 35.7 Å². The first-order chi connectivity index (χ1) is 13.6. The van der Waals surface area contributed by atoms with Crippen LogP contribution in [0.4, 0.5) is 14.9 Å². The second kappa shape index (κ2) is 8.19. The number of epoxide rings is 1. The summed E-state index contributed by atoms with van der Waals surface area (Å²) in [5.74, 6) is 0.0570. The summed E-state index contributed by atoms with van der Waals surface area (Å²) in [6, 6.07) is 8.33. The highest BCUT2D eigenvalue weighted by molar-refractivity contribution is 7.13. The van der Waals surface area contributed by atoms with Crippen molar-refractivity contribution in [3.63, 3.8) is 0 Å². The number of hydrogen-bond acceptors (Lipinski definition) is 5. The smallest absolute Gasteiger partial charge is 0.411 e. The van der Waals surface area contributed by atoms with Crippen LogP contribution in [0, 0.1) is 11.7 Å². The third kappa shape index (κ3) is 4.06. The quantitative estimate of drug-likeness (QED) is 0.713. The molecule has 1 saturated heterocycles. The van der Waals surface area contributed by atoms with Crippen molar-refractivity contribution in [1.82, 2.24) is 5.32 Å². The van der Waals surface area contributed by atoms with Crippen molar-refractivity contribution in [3.05, 3.63) is 41.5 Å². The molecule has 28 heavy (non-hydrogen) atoms. The van der Waals surface area contributed by atoms with Crippen LogP contribution < -0.4 is 10.6 Å². The molecule has 2 heterocycles. The van der Waals surface area contributed by atoms with Gasteiger partial charge in [0.05, 0.1) is 17.9 Å². The Hall–Kier alpha value is -1.96. The predicted molar refractivity (Wildman–Crippen MR) is 108 cm³/mol. The van der Waals surface area contributed by atoms with E-state index in [9.17, 15) is 9.18 Å². The zero-order valence-electron chi connectivity index (χ0n) is 16.0. The number of likely N-dealkylation sites (N-methyl/N-ethyl adjacent to an activating group) is 1. The van der Waals surface area contributed by atoms with E-state index in [1.807, 2.05) is 24.6 Å². The van der Waals surface area contributed by atoms with Gasteiger partial charge in [-0.15, -0.1) is 11.3 Å². The molecule has 1 aliphatic heterocycles. The summed E-state index contributed by atoms with van der Waals surface area (Å²) in [5.41, 5.74) is 1.20. The molecule has 1 saturated carbocycles. The van der Waals surface area contributed by atoms with Crippen molar-refractivity contribution >= 4 is 23.1 Å². The van der Waals surface area contributed by atoms with Gasteiger partial charge in [0.25, 0.3) is 0 Å². The third-order valence-corrected chi connectivity index (χ3v) is 6.58. The summed E-state index contributed by atoms with van der Waals surface area (Å²) in [6.45, 7) is 2.14. The molecule has 1 aliphatic carbocycles. The van der Waals surface area contributed by atoms with Gasteiger partial charge in [-0.1, -0.05) is 19.4 Å². The van der Waals surface area contributed by atoms with E-state index in [1.165, 1.54) is 23.5 Å². The number of carbonyl (C=O) groups is 1. The predicted octanol–water partition coefficient (Wildman–Crippen LogP) is 4.65. The number of nitrogens with one attached hydrogen (secondary N) is 2. The molecule has 7 heteroatoms. The number of rotatable bonds is 5. The molecular formula is C21H25FN2O3S. The number of anilines is 1. The van der Waals surface area contributed by atoms with E-state index in [0.717, 1.165) is 24.1 Å². The average molecular weight is 405 g/mol. The molecule has 2 N–H and O–H groups in total. The van der Waals surface area contributed by atoms with E-state index in [-0.39, 0.29) is 30.2 Å². The SMILES string of the molecule is CC[C@@H]1C[C@@H](OC(=O)Nc2ccc(F)cc2-c2cccs2)C[C@H](NC)[C@@H]2O[C@H]12. The monoisotopic (exact) mass is 404 g/mol. The normalized spacial score (nSPS) is 28.9. The third-order valence-electron chi connectivity index (χ3n) is 5.68. The molecule has 0 unspecified atom stereocenters. The first kappa shape index (κ1) is 19.4. The Bertz CT molecular complexity index is 811. The first-order valence-electron chi connectivity index (χ1n) is 9.72. The van der Waals surface area contributed by atoms with Crippen molar-refractivity contribution in [2.24, 2.45) is 5.92 Å². The van der Waals surface area contributed by atoms with Gasteiger partial charge < -0.3 is 14.8 Å². The second-order valence-electron chi connectivity index (χ2n) is 7.42. The van der Waals surface area contributed by atoms with Crippen LogP contribution in [0.25, 0.3) is 10.4 Å². The molecule has 0 bridgehead atoms. The lowest BCUT2D eigenvalue weighted by Crippen LogP contribution is -2.35. The van der Waals surface area contributed by atoms with Crippen LogP contribution in [-0.4, -0.2) is 37.5 Å². The van der Waals surface area contributed by atoms with Gasteiger partial charge in [0.1, 0.15) is 11.9 Å². The van der Waals surface area contributed by atoms with Gasteiger partial charge in [0.2, 0.25) is 0 Å². The first-order valence-corrected chi connectivity index (χ1v) is 10.6. The molecule has 150 valence electrons. The number of ether oxygens (including phenoxy) is 2. The lowest BCUT2D eigenvalue weighted by atomic mass is 9.96. The van der Waals surface area contributed by atoms with Crippen molar-refractivity contribution in [2.45, 2.75) is 50.5 Å². The Kier molecular flexibility index (Phi) is 5.66. The van der Waals surface area contributed by atoms with Crippen molar-refractivity contribution < 1.29 is 18.7 Å². The van der Waals surface area contributed by atoms with Crippen LogP contribution >= 0.6 is 11.3 Å². The number of hydrogen-bond donors (Lipinski definition) is 2. The second-order valence-corrected chi connectivity index (χ2v) is 8.37. The Morgan fingerprint density at radius 3 is 2.89 bits per heavy atom. The van der Waals surface area contributed by atoms with E-state index < -0.39 is 6.09 Å². The summed E-state index contributed by atoms with van der Waals surface area (Å²) in [4.78, 5) is 13.5. The highest BCUT2D eigenvalue weighted by Crippen LogP contribution is 2.41. The Labute approximate surface area is 168 Å². The van der Waals surface area contributed by atoms with Crippen LogP contribution in [0.2, 0.25) is 0 Å². The molecule has 5 atom stereocenters. The van der Waals surface area contributed by atoms with Crippen molar-refractivity contribution in [2.75, 3.05) is 12.4 Å². The maximum absolute atomic E-state index is 13.7. The number of amides is 1. The largest absolute Gasteiger partial charge is 0.446 e. The van der Waals surface area contributed by atoms with Crippen LogP contribution in [0.5, 0.6) is 0 Å². The number of fused-ring (bicyclic) bond motifs is 1. The molecule has 0 radical (unpaired) electrons. The number of benzene rings is 1. The Balaban J connectivity index is 1.46. The van der Waals surface area contributed by atoms with Gasteiger partial charge in [-0.2, -0.15) is 0 Å². The fraction of sp³-hybridized carbons (Fsp3) is 0.476. The molecule has 4 rings (SSSR count). The van der Waals surface area contributed by atoms with Gasteiger partial charge in [-0.25, -0.2) is 9.18 Å². The van der Waals surface area contributed by atoms with Crippen molar-refractivity contribution in [1.29, 1.82) is 0 Å². The zero-order chi connectivity index (χ0) is 19.7. The topological polar surface area (TPSA) is 62.9 Å². The van der Waals surface area contributed by atoms with Gasteiger partial charge in [0.15, 0.2) is 0 Å². The van der Waals surface area contributed by atoms with E-state index in [1.54, 1.807) is 6.07 Å².